The number of carbonyl (C=O) groups is 1. The third-order valence-electron chi connectivity index (χ3n) is 2.66. The molecule has 0 amide bonds. The molecule has 19 heavy (non-hydrogen) atoms. The standard InChI is InChI=1S/C14H17NO4/c1-3-5-6-11-7-8-12(15(17)18)10-13(11)14(16)19-9-4-2/h4,7-8,10H,2-3,5-6,9H2,1H3. The van der Waals surface area contributed by atoms with E-state index >= 15 is 0 Å². The number of hydrogen-bond donors (Lipinski definition) is 0. The second-order valence-corrected chi connectivity index (χ2v) is 4.09. The number of aryl methyl sites for hydroxylation is 1. The summed E-state index contributed by atoms with van der Waals surface area (Å²) in [5, 5.41) is 10.8. The smallest absolute Gasteiger partial charge is 0.338 e. The van der Waals surface area contributed by atoms with Gasteiger partial charge in [0.2, 0.25) is 0 Å². The van der Waals surface area contributed by atoms with Gasteiger partial charge in [0.05, 0.1) is 10.5 Å². The zero-order valence-corrected chi connectivity index (χ0v) is 10.9. The highest BCUT2D eigenvalue weighted by atomic mass is 16.6. The van der Waals surface area contributed by atoms with Gasteiger partial charge in [-0.3, -0.25) is 10.1 Å². The van der Waals surface area contributed by atoms with E-state index in [9.17, 15) is 14.9 Å². The maximum atomic E-state index is 11.9. The number of carbonyl (C=O) groups excluding carboxylic acids is 1. The van der Waals surface area contributed by atoms with Crippen molar-refractivity contribution in [2.75, 3.05) is 6.61 Å². The molecule has 1 aromatic rings. The molecule has 0 fully saturated rings. The Bertz CT molecular complexity index is 482. The summed E-state index contributed by atoms with van der Waals surface area (Å²) in [4.78, 5) is 22.1. The molecular formula is C14H17NO4. The fraction of sp³-hybridized carbons (Fsp3) is 0.357. The Morgan fingerprint density at radius 3 is 2.84 bits per heavy atom. The number of nitrogens with zero attached hydrogens (tertiary/aromatic N) is 1. The largest absolute Gasteiger partial charge is 0.458 e. The van der Waals surface area contributed by atoms with Crippen LogP contribution in [0.3, 0.4) is 0 Å². The predicted molar refractivity (Wildman–Crippen MR) is 72.2 cm³/mol. The van der Waals surface area contributed by atoms with Crippen LogP contribution in [0.25, 0.3) is 0 Å². The maximum absolute atomic E-state index is 11.9. The molecule has 5 nitrogen and oxygen atoms in total. The van der Waals surface area contributed by atoms with E-state index in [1.54, 1.807) is 6.07 Å². The monoisotopic (exact) mass is 263 g/mol. The van der Waals surface area contributed by atoms with Crippen LogP contribution in [0, 0.1) is 10.1 Å². The molecule has 0 spiro atoms. The molecule has 0 bridgehead atoms. The minimum absolute atomic E-state index is 0.0920. The Labute approximate surface area is 112 Å². The number of benzene rings is 1. The highest BCUT2D eigenvalue weighted by molar-refractivity contribution is 5.92. The highest BCUT2D eigenvalue weighted by Gasteiger charge is 2.17. The number of non-ortho nitro benzene ring substituents is 1. The van der Waals surface area contributed by atoms with Gasteiger partial charge in [0.15, 0.2) is 0 Å². The molecule has 0 unspecified atom stereocenters. The van der Waals surface area contributed by atoms with Crippen LogP contribution in [0.5, 0.6) is 0 Å². The predicted octanol–water partition coefficient (Wildman–Crippen LogP) is 3.28. The lowest BCUT2D eigenvalue weighted by molar-refractivity contribution is -0.384. The van der Waals surface area contributed by atoms with Crippen molar-refractivity contribution < 1.29 is 14.5 Å². The van der Waals surface area contributed by atoms with Gasteiger partial charge < -0.3 is 4.74 Å². The van der Waals surface area contributed by atoms with Gasteiger partial charge in [-0.05, 0) is 18.4 Å². The maximum Gasteiger partial charge on any atom is 0.338 e. The summed E-state index contributed by atoms with van der Waals surface area (Å²) in [7, 11) is 0. The SMILES string of the molecule is C=CCOC(=O)c1cc([N+](=O)[O-])ccc1CCCC. The molecule has 0 aliphatic rings. The van der Waals surface area contributed by atoms with Crippen LogP contribution in [0.4, 0.5) is 5.69 Å². The lowest BCUT2D eigenvalue weighted by Crippen LogP contribution is -2.09. The lowest BCUT2D eigenvalue weighted by atomic mass is 10.0. The Hall–Kier alpha value is -2.17. The normalized spacial score (nSPS) is 9.95. The molecule has 0 radical (unpaired) electrons. The average molecular weight is 263 g/mol. The van der Waals surface area contributed by atoms with Crippen molar-refractivity contribution in [3.05, 3.63) is 52.1 Å². The van der Waals surface area contributed by atoms with E-state index in [0.717, 1.165) is 18.4 Å². The number of esters is 1. The first-order chi connectivity index (χ1) is 9.10. The van der Waals surface area contributed by atoms with E-state index in [1.165, 1.54) is 18.2 Å². The molecule has 0 aromatic heterocycles. The minimum atomic E-state index is -0.547. The molecular weight excluding hydrogens is 246 g/mol. The number of nitro benzene ring substituents is 1. The summed E-state index contributed by atoms with van der Waals surface area (Å²) in [5.74, 6) is -0.547. The van der Waals surface area contributed by atoms with E-state index in [2.05, 4.69) is 6.58 Å². The first kappa shape index (κ1) is 14.9. The van der Waals surface area contributed by atoms with Gasteiger partial charge in [-0.15, -0.1) is 0 Å². The first-order valence-electron chi connectivity index (χ1n) is 6.15. The Kier molecular flexibility index (Phi) is 5.73. The summed E-state index contributed by atoms with van der Waals surface area (Å²) in [5.41, 5.74) is 0.941. The average Bonchev–Trinajstić information content (AvgIpc) is 2.42. The van der Waals surface area contributed by atoms with Crippen LogP contribution < -0.4 is 0 Å². The minimum Gasteiger partial charge on any atom is -0.458 e. The number of rotatable bonds is 7. The number of unbranched alkanes of at least 4 members (excludes halogenated alkanes) is 1. The summed E-state index contributed by atoms with van der Waals surface area (Å²) in [6.45, 7) is 5.59. The summed E-state index contributed by atoms with van der Waals surface area (Å²) >= 11 is 0. The number of ether oxygens (including phenoxy) is 1. The molecule has 0 N–H and O–H groups in total. The summed E-state index contributed by atoms with van der Waals surface area (Å²) < 4.78 is 4.95. The fourth-order valence-electron chi connectivity index (χ4n) is 1.67. The van der Waals surface area contributed by atoms with Crippen molar-refractivity contribution in [1.29, 1.82) is 0 Å². The molecule has 0 saturated carbocycles. The third-order valence-corrected chi connectivity index (χ3v) is 2.66. The molecule has 0 heterocycles. The second kappa shape index (κ2) is 7.31. The third kappa shape index (κ3) is 4.21. The second-order valence-electron chi connectivity index (χ2n) is 4.09. The van der Waals surface area contributed by atoms with Crippen LogP contribution in [-0.4, -0.2) is 17.5 Å². The summed E-state index contributed by atoms with van der Waals surface area (Å²) in [6, 6.07) is 4.31. The van der Waals surface area contributed by atoms with Crippen molar-refractivity contribution in [3.63, 3.8) is 0 Å². The van der Waals surface area contributed by atoms with Crippen LogP contribution >= 0.6 is 0 Å². The van der Waals surface area contributed by atoms with E-state index < -0.39 is 10.9 Å². The Morgan fingerprint density at radius 2 is 2.26 bits per heavy atom. The van der Waals surface area contributed by atoms with Gasteiger partial charge in [-0.1, -0.05) is 32.1 Å². The van der Waals surface area contributed by atoms with Crippen molar-refractivity contribution in [2.24, 2.45) is 0 Å². The lowest BCUT2D eigenvalue weighted by Gasteiger charge is -2.08. The van der Waals surface area contributed by atoms with E-state index in [-0.39, 0.29) is 17.9 Å². The number of nitro groups is 1. The highest BCUT2D eigenvalue weighted by Crippen LogP contribution is 2.20. The van der Waals surface area contributed by atoms with Crippen molar-refractivity contribution in [3.8, 4) is 0 Å². The van der Waals surface area contributed by atoms with Crippen LogP contribution in [-0.2, 0) is 11.2 Å². The van der Waals surface area contributed by atoms with Crippen molar-refractivity contribution >= 4 is 11.7 Å². The van der Waals surface area contributed by atoms with Gasteiger partial charge in [0, 0.05) is 12.1 Å². The molecule has 0 saturated heterocycles. The zero-order valence-electron chi connectivity index (χ0n) is 10.9. The molecule has 0 aliphatic heterocycles. The van der Waals surface area contributed by atoms with Crippen LogP contribution in [0.15, 0.2) is 30.9 Å². The molecule has 5 heteroatoms. The van der Waals surface area contributed by atoms with Gasteiger partial charge in [0.25, 0.3) is 5.69 Å². The van der Waals surface area contributed by atoms with Gasteiger partial charge in [-0.2, -0.15) is 0 Å². The van der Waals surface area contributed by atoms with Gasteiger partial charge in [-0.25, -0.2) is 4.79 Å². The van der Waals surface area contributed by atoms with E-state index in [4.69, 9.17) is 4.74 Å². The first-order valence-corrected chi connectivity index (χ1v) is 6.15. The van der Waals surface area contributed by atoms with E-state index in [0.29, 0.717) is 6.42 Å². The zero-order chi connectivity index (χ0) is 14.3. The molecule has 102 valence electrons. The quantitative estimate of drug-likeness (QED) is 0.327. The van der Waals surface area contributed by atoms with E-state index in [1.807, 2.05) is 6.92 Å². The Balaban J connectivity index is 3.05. The van der Waals surface area contributed by atoms with Gasteiger partial charge >= 0.3 is 5.97 Å². The molecule has 1 rings (SSSR count). The topological polar surface area (TPSA) is 69.4 Å². The van der Waals surface area contributed by atoms with Crippen molar-refractivity contribution in [2.45, 2.75) is 26.2 Å². The summed E-state index contributed by atoms with van der Waals surface area (Å²) in [6.07, 6.45) is 4.06. The molecule has 1 aromatic carbocycles. The van der Waals surface area contributed by atoms with Gasteiger partial charge in [0.1, 0.15) is 6.61 Å². The Morgan fingerprint density at radius 1 is 1.53 bits per heavy atom. The molecule has 0 aliphatic carbocycles. The number of hydrogen-bond acceptors (Lipinski definition) is 4. The fourth-order valence-corrected chi connectivity index (χ4v) is 1.67. The van der Waals surface area contributed by atoms with Crippen LogP contribution in [0.2, 0.25) is 0 Å². The molecule has 0 atom stereocenters. The van der Waals surface area contributed by atoms with Crippen molar-refractivity contribution in [1.82, 2.24) is 0 Å². The van der Waals surface area contributed by atoms with Crippen LogP contribution in [0.1, 0.15) is 35.7 Å².